The second kappa shape index (κ2) is 6.68. The summed E-state index contributed by atoms with van der Waals surface area (Å²) in [4.78, 5) is 11.3. The fourth-order valence-corrected chi connectivity index (χ4v) is 2.73. The average molecular weight is 263 g/mol. The molecule has 3 atom stereocenters. The molecular formula is C15H21NO3. The highest BCUT2D eigenvalue weighted by Gasteiger charge is 2.24. The van der Waals surface area contributed by atoms with Gasteiger partial charge < -0.3 is 15.5 Å². The van der Waals surface area contributed by atoms with Gasteiger partial charge >= 0.3 is 5.97 Å². The molecule has 0 aliphatic heterocycles. The van der Waals surface area contributed by atoms with Crippen LogP contribution >= 0.6 is 0 Å². The summed E-state index contributed by atoms with van der Waals surface area (Å²) in [5.74, 6) is -0.489. The Morgan fingerprint density at radius 2 is 2.05 bits per heavy atom. The van der Waals surface area contributed by atoms with Crippen molar-refractivity contribution in [2.24, 2.45) is 5.92 Å². The van der Waals surface area contributed by atoms with E-state index >= 15 is 0 Å². The van der Waals surface area contributed by atoms with E-state index in [1.165, 1.54) is 0 Å². The maximum absolute atomic E-state index is 11.3. The van der Waals surface area contributed by atoms with Gasteiger partial charge in [-0.15, -0.1) is 0 Å². The first-order valence-corrected chi connectivity index (χ1v) is 6.86. The summed E-state index contributed by atoms with van der Waals surface area (Å²) in [6, 6.07) is 8.54. The molecule has 0 spiro atoms. The third-order valence-electron chi connectivity index (χ3n) is 3.75. The second-order valence-electron chi connectivity index (χ2n) is 5.28. The lowest BCUT2D eigenvalue weighted by Crippen LogP contribution is -2.35. The summed E-state index contributed by atoms with van der Waals surface area (Å²) in [6.07, 6.45) is 3.51. The van der Waals surface area contributed by atoms with Gasteiger partial charge in [0, 0.05) is 0 Å². The third-order valence-corrected chi connectivity index (χ3v) is 3.75. The smallest absolute Gasteiger partial charge is 0.325 e. The molecule has 0 amide bonds. The van der Waals surface area contributed by atoms with Crippen molar-refractivity contribution in [3.05, 3.63) is 35.9 Å². The van der Waals surface area contributed by atoms with Crippen molar-refractivity contribution in [2.45, 2.75) is 37.8 Å². The van der Waals surface area contributed by atoms with Gasteiger partial charge in [0.05, 0.1) is 6.10 Å². The number of aliphatic carboxylic acids is 1. The van der Waals surface area contributed by atoms with Gasteiger partial charge in [-0.3, -0.25) is 4.79 Å². The van der Waals surface area contributed by atoms with Gasteiger partial charge in [-0.05, 0) is 37.3 Å². The number of benzene rings is 1. The molecule has 3 unspecified atom stereocenters. The molecule has 0 radical (unpaired) electrons. The maximum atomic E-state index is 11.3. The molecule has 0 bridgehead atoms. The zero-order valence-electron chi connectivity index (χ0n) is 11.0. The predicted octanol–water partition coefficient (Wildman–Crippen LogP) is 1.95. The summed E-state index contributed by atoms with van der Waals surface area (Å²) in [7, 11) is 0. The van der Waals surface area contributed by atoms with Crippen molar-refractivity contribution in [1.82, 2.24) is 5.32 Å². The lowest BCUT2D eigenvalue weighted by Gasteiger charge is -2.27. The highest BCUT2D eigenvalue weighted by Crippen LogP contribution is 2.24. The molecule has 0 heterocycles. The zero-order chi connectivity index (χ0) is 13.7. The molecule has 1 aromatic carbocycles. The fourth-order valence-electron chi connectivity index (χ4n) is 2.73. The number of aliphatic hydroxyl groups is 1. The molecule has 1 saturated carbocycles. The molecule has 3 N–H and O–H groups in total. The zero-order valence-corrected chi connectivity index (χ0v) is 11.0. The Bertz CT molecular complexity index is 407. The number of hydrogen-bond acceptors (Lipinski definition) is 3. The second-order valence-corrected chi connectivity index (χ2v) is 5.28. The number of aliphatic hydroxyl groups excluding tert-OH is 1. The lowest BCUT2D eigenvalue weighted by atomic mass is 9.87. The molecule has 0 saturated heterocycles. The maximum Gasteiger partial charge on any atom is 0.325 e. The van der Waals surface area contributed by atoms with Crippen molar-refractivity contribution in [3.63, 3.8) is 0 Å². The standard InChI is InChI=1S/C15H21NO3/c17-13-8-4-5-11(9-13)10-16-14(15(18)19)12-6-2-1-3-7-12/h1-3,6-7,11,13-14,16-17H,4-5,8-10H2,(H,18,19). The minimum absolute atomic E-state index is 0.222. The predicted molar refractivity (Wildman–Crippen MR) is 72.8 cm³/mol. The van der Waals surface area contributed by atoms with Crippen LogP contribution < -0.4 is 5.32 Å². The summed E-state index contributed by atoms with van der Waals surface area (Å²) >= 11 is 0. The van der Waals surface area contributed by atoms with Gasteiger partial charge in [0.15, 0.2) is 0 Å². The van der Waals surface area contributed by atoms with E-state index in [1.807, 2.05) is 30.3 Å². The first-order chi connectivity index (χ1) is 9.16. The molecule has 1 fully saturated rings. The van der Waals surface area contributed by atoms with E-state index in [-0.39, 0.29) is 6.10 Å². The summed E-state index contributed by atoms with van der Waals surface area (Å²) in [6.45, 7) is 0.642. The van der Waals surface area contributed by atoms with Crippen LogP contribution in [-0.2, 0) is 4.79 Å². The normalized spacial score (nSPS) is 24.9. The Hall–Kier alpha value is -1.39. The molecule has 4 nitrogen and oxygen atoms in total. The molecule has 1 aliphatic carbocycles. The van der Waals surface area contributed by atoms with Gasteiger partial charge in [0.25, 0.3) is 0 Å². The molecule has 0 aromatic heterocycles. The van der Waals surface area contributed by atoms with Crippen LogP contribution in [0.3, 0.4) is 0 Å². The fraction of sp³-hybridized carbons (Fsp3) is 0.533. The third kappa shape index (κ3) is 4.04. The Morgan fingerprint density at radius 1 is 1.32 bits per heavy atom. The van der Waals surface area contributed by atoms with Crippen molar-refractivity contribution < 1.29 is 15.0 Å². The molecule has 19 heavy (non-hydrogen) atoms. The number of nitrogens with one attached hydrogen (secondary N) is 1. The highest BCUT2D eigenvalue weighted by molar-refractivity contribution is 5.75. The molecule has 1 aromatic rings. The van der Waals surface area contributed by atoms with Crippen LogP contribution in [0.4, 0.5) is 0 Å². The number of hydrogen-bond donors (Lipinski definition) is 3. The van der Waals surface area contributed by atoms with Crippen molar-refractivity contribution in [2.75, 3.05) is 6.54 Å². The minimum Gasteiger partial charge on any atom is -0.480 e. The van der Waals surface area contributed by atoms with Crippen LogP contribution in [0.25, 0.3) is 0 Å². The van der Waals surface area contributed by atoms with Crippen LogP contribution in [0.2, 0.25) is 0 Å². The van der Waals surface area contributed by atoms with E-state index in [2.05, 4.69) is 5.32 Å². The van der Waals surface area contributed by atoms with Gasteiger partial charge in [-0.25, -0.2) is 0 Å². The quantitative estimate of drug-likeness (QED) is 0.759. The van der Waals surface area contributed by atoms with Gasteiger partial charge in [0.1, 0.15) is 6.04 Å². The van der Waals surface area contributed by atoms with E-state index < -0.39 is 12.0 Å². The van der Waals surface area contributed by atoms with Crippen molar-refractivity contribution in [3.8, 4) is 0 Å². The Balaban J connectivity index is 1.93. The molecule has 1 aliphatic rings. The summed E-state index contributed by atoms with van der Waals surface area (Å²) in [5.41, 5.74) is 0.770. The Morgan fingerprint density at radius 3 is 2.68 bits per heavy atom. The van der Waals surface area contributed by atoms with Crippen molar-refractivity contribution >= 4 is 5.97 Å². The lowest BCUT2D eigenvalue weighted by molar-refractivity contribution is -0.139. The molecule has 104 valence electrons. The minimum atomic E-state index is -0.859. The molecular weight excluding hydrogens is 242 g/mol. The summed E-state index contributed by atoms with van der Waals surface area (Å²) in [5, 5.41) is 22.0. The van der Waals surface area contributed by atoms with E-state index in [0.29, 0.717) is 12.5 Å². The van der Waals surface area contributed by atoms with Crippen LogP contribution in [-0.4, -0.2) is 28.8 Å². The van der Waals surface area contributed by atoms with Crippen LogP contribution in [0.1, 0.15) is 37.3 Å². The van der Waals surface area contributed by atoms with Crippen molar-refractivity contribution in [1.29, 1.82) is 0 Å². The average Bonchev–Trinajstić information content (AvgIpc) is 2.40. The van der Waals surface area contributed by atoms with Crippen LogP contribution in [0.5, 0.6) is 0 Å². The number of rotatable bonds is 5. The van der Waals surface area contributed by atoms with Gasteiger partial charge in [-0.2, -0.15) is 0 Å². The monoisotopic (exact) mass is 263 g/mol. The van der Waals surface area contributed by atoms with E-state index in [1.54, 1.807) is 0 Å². The number of carboxylic acids is 1. The molecule has 2 rings (SSSR count). The van der Waals surface area contributed by atoms with Gasteiger partial charge in [-0.1, -0.05) is 36.8 Å². The first kappa shape index (κ1) is 14.0. The first-order valence-electron chi connectivity index (χ1n) is 6.86. The van der Waals surface area contributed by atoms with E-state index in [4.69, 9.17) is 0 Å². The topological polar surface area (TPSA) is 69.6 Å². The molecule has 4 heteroatoms. The Labute approximate surface area is 113 Å². The number of carboxylic acid groups (broad SMARTS) is 1. The van der Waals surface area contributed by atoms with Gasteiger partial charge in [0.2, 0.25) is 0 Å². The van der Waals surface area contributed by atoms with Crippen LogP contribution in [0.15, 0.2) is 30.3 Å². The summed E-state index contributed by atoms with van der Waals surface area (Å²) < 4.78 is 0. The highest BCUT2D eigenvalue weighted by atomic mass is 16.4. The van der Waals surface area contributed by atoms with Crippen LogP contribution in [0, 0.1) is 5.92 Å². The van der Waals surface area contributed by atoms with E-state index in [0.717, 1.165) is 31.2 Å². The Kier molecular flexibility index (Phi) is 4.93. The van der Waals surface area contributed by atoms with E-state index in [9.17, 15) is 15.0 Å². The number of carbonyl (C=O) groups is 1. The largest absolute Gasteiger partial charge is 0.480 e. The SMILES string of the molecule is O=C(O)C(NCC1CCCC(O)C1)c1ccccc1.